The Bertz CT molecular complexity index is 2760. The first-order chi connectivity index (χ1) is 27.7. The van der Waals surface area contributed by atoms with Crippen LogP contribution in [-0.2, 0) is 21.7 Å². The van der Waals surface area contributed by atoms with Crippen LogP contribution in [0.5, 0.6) is 0 Å². The average molecular weight is 775 g/mol. The molecule has 0 saturated heterocycles. The van der Waals surface area contributed by atoms with Crippen LogP contribution in [0.1, 0.15) is 111 Å². The molecule has 0 atom stereocenters. The first kappa shape index (κ1) is 39.0. The maximum Gasteiger partial charge on any atom is 0.257 e. The van der Waals surface area contributed by atoms with Crippen molar-refractivity contribution in [1.29, 1.82) is 0 Å². The number of nitrogens with zero attached hydrogens (tertiary/aromatic N) is 2. The minimum Gasteiger partial charge on any atom is -0.440 e. The summed E-state index contributed by atoms with van der Waals surface area (Å²) in [5.74, 6) is 0.899. The normalized spacial score (nSPS) is 14.1. The van der Waals surface area contributed by atoms with E-state index in [1.807, 2.05) is 0 Å². The lowest BCUT2D eigenvalue weighted by Gasteiger charge is -2.43. The molecule has 2 aliphatic rings. The Balaban J connectivity index is 1.42. The SMILES string of the molecule is Cc1cc2c3c(c1)N(c1ccc(C(C)(C)C)cc1-c1ccccc1)c1oc4ccc(C(C)(C)C)cc4c1B3c1cc(C(C)(C)C)ccc1N2c1ccc(C(C)(C)C)cc1. The largest absolute Gasteiger partial charge is 0.440 e. The van der Waals surface area contributed by atoms with E-state index >= 15 is 0 Å². The molecule has 6 aromatic carbocycles. The van der Waals surface area contributed by atoms with Crippen molar-refractivity contribution >= 4 is 68.4 Å². The molecule has 9 rings (SSSR count). The Hall–Kier alpha value is -5.48. The van der Waals surface area contributed by atoms with E-state index in [0.717, 1.165) is 28.5 Å². The van der Waals surface area contributed by atoms with Crippen molar-refractivity contribution in [1.82, 2.24) is 0 Å². The quantitative estimate of drug-likeness (QED) is 0.167. The minimum atomic E-state index is -0.0558. The fraction of sp³-hybridized carbons (Fsp3) is 0.309. The van der Waals surface area contributed by atoms with E-state index in [-0.39, 0.29) is 28.4 Å². The Morgan fingerprint density at radius 1 is 0.458 bits per heavy atom. The van der Waals surface area contributed by atoms with Gasteiger partial charge in [-0.05, 0) is 127 Å². The maximum atomic E-state index is 7.29. The lowest BCUT2D eigenvalue weighted by atomic mass is 9.33. The molecule has 0 amide bonds. The van der Waals surface area contributed by atoms with Gasteiger partial charge < -0.3 is 9.32 Å². The molecule has 0 N–H and O–H groups in total. The number of hydrogen-bond donors (Lipinski definition) is 0. The van der Waals surface area contributed by atoms with Crippen LogP contribution in [-0.4, -0.2) is 6.71 Å². The van der Waals surface area contributed by atoms with E-state index in [1.54, 1.807) is 0 Å². The van der Waals surface area contributed by atoms with Crippen molar-refractivity contribution < 1.29 is 4.42 Å². The molecule has 0 saturated carbocycles. The highest BCUT2D eigenvalue weighted by molar-refractivity contribution is 7.01. The van der Waals surface area contributed by atoms with Crippen molar-refractivity contribution in [3.63, 3.8) is 0 Å². The van der Waals surface area contributed by atoms with Gasteiger partial charge in [-0.15, -0.1) is 0 Å². The molecule has 0 radical (unpaired) electrons. The number of anilines is 6. The van der Waals surface area contributed by atoms with Gasteiger partial charge in [-0.2, -0.15) is 0 Å². The average Bonchev–Trinajstić information content (AvgIpc) is 3.55. The molecule has 1 aromatic heterocycles. The molecule has 0 fully saturated rings. The first-order valence-corrected chi connectivity index (χ1v) is 21.5. The summed E-state index contributed by atoms with van der Waals surface area (Å²) >= 11 is 0. The highest BCUT2D eigenvalue weighted by atomic mass is 16.4. The van der Waals surface area contributed by atoms with Crippen molar-refractivity contribution in [3.05, 3.63) is 149 Å². The molecule has 0 aliphatic carbocycles. The van der Waals surface area contributed by atoms with Gasteiger partial charge in [-0.25, -0.2) is 0 Å². The molecule has 3 heterocycles. The molecule has 2 aliphatic heterocycles. The summed E-state index contributed by atoms with van der Waals surface area (Å²) < 4.78 is 7.29. The topological polar surface area (TPSA) is 19.6 Å². The van der Waals surface area contributed by atoms with Crippen LogP contribution in [0.15, 0.2) is 126 Å². The van der Waals surface area contributed by atoms with Crippen LogP contribution in [0.25, 0.3) is 22.1 Å². The van der Waals surface area contributed by atoms with Crippen molar-refractivity contribution in [2.24, 2.45) is 0 Å². The number of furan rings is 1. The molecule has 0 unspecified atom stereocenters. The molecule has 4 heteroatoms. The van der Waals surface area contributed by atoms with Gasteiger partial charge in [0.05, 0.1) is 5.69 Å². The summed E-state index contributed by atoms with van der Waals surface area (Å²) in [6, 6.07) is 46.2. The third kappa shape index (κ3) is 6.51. The number of aryl methyl sites for hydroxylation is 1. The highest BCUT2D eigenvalue weighted by Crippen LogP contribution is 2.49. The van der Waals surface area contributed by atoms with Gasteiger partial charge in [0, 0.05) is 39.2 Å². The third-order valence-corrected chi connectivity index (χ3v) is 12.7. The monoisotopic (exact) mass is 774 g/mol. The Kier molecular flexibility index (Phi) is 8.77. The summed E-state index contributed by atoms with van der Waals surface area (Å²) in [4.78, 5) is 4.99. The van der Waals surface area contributed by atoms with E-state index in [1.165, 1.54) is 72.1 Å². The van der Waals surface area contributed by atoms with Crippen molar-refractivity contribution in [2.45, 2.75) is 112 Å². The van der Waals surface area contributed by atoms with Crippen LogP contribution < -0.4 is 26.2 Å². The fourth-order valence-corrected chi connectivity index (χ4v) is 9.27. The minimum absolute atomic E-state index is 0.0249. The van der Waals surface area contributed by atoms with Gasteiger partial charge in [0.2, 0.25) is 5.88 Å². The van der Waals surface area contributed by atoms with Crippen LogP contribution >= 0.6 is 0 Å². The second kappa shape index (κ2) is 13.3. The Morgan fingerprint density at radius 2 is 0.983 bits per heavy atom. The molecule has 298 valence electrons. The summed E-state index contributed by atoms with van der Waals surface area (Å²) in [5.41, 5.74) is 19.4. The Morgan fingerprint density at radius 3 is 1.59 bits per heavy atom. The van der Waals surface area contributed by atoms with Crippen molar-refractivity contribution in [3.8, 4) is 11.1 Å². The third-order valence-electron chi connectivity index (χ3n) is 12.7. The van der Waals surface area contributed by atoms with Crippen LogP contribution in [0.2, 0.25) is 0 Å². The number of fused-ring (bicyclic) bond motifs is 6. The molecule has 59 heavy (non-hydrogen) atoms. The zero-order valence-electron chi connectivity index (χ0n) is 37.4. The number of benzene rings is 6. The van der Waals surface area contributed by atoms with Crippen LogP contribution in [0.3, 0.4) is 0 Å². The van der Waals surface area contributed by atoms with Crippen LogP contribution in [0.4, 0.5) is 34.3 Å². The number of hydrogen-bond acceptors (Lipinski definition) is 3. The van der Waals surface area contributed by atoms with Gasteiger partial charge in [0.1, 0.15) is 5.58 Å². The van der Waals surface area contributed by atoms with Gasteiger partial charge in [-0.1, -0.05) is 150 Å². The van der Waals surface area contributed by atoms with Gasteiger partial charge >= 0.3 is 0 Å². The predicted octanol–water partition coefficient (Wildman–Crippen LogP) is 13.7. The van der Waals surface area contributed by atoms with E-state index < -0.39 is 0 Å². The maximum absolute atomic E-state index is 7.29. The highest BCUT2D eigenvalue weighted by Gasteiger charge is 2.47. The first-order valence-electron chi connectivity index (χ1n) is 21.5. The van der Waals surface area contributed by atoms with E-state index in [4.69, 9.17) is 4.42 Å². The predicted molar refractivity (Wildman–Crippen MR) is 255 cm³/mol. The zero-order valence-corrected chi connectivity index (χ0v) is 37.4. The molecule has 3 nitrogen and oxygen atoms in total. The smallest absolute Gasteiger partial charge is 0.257 e. The summed E-state index contributed by atoms with van der Waals surface area (Å²) in [7, 11) is 0. The number of rotatable bonds is 3. The lowest BCUT2D eigenvalue weighted by molar-refractivity contribution is 0.589. The summed E-state index contributed by atoms with van der Waals surface area (Å²) in [6.07, 6.45) is 0. The van der Waals surface area contributed by atoms with Gasteiger partial charge in [-0.3, -0.25) is 4.90 Å². The van der Waals surface area contributed by atoms with Gasteiger partial charge in [0.15, 0.2) is 0 Å². The molecule has 0 bridgehead atoms. The van der Waals surface area contributed by atoms with E-state index in [2.05, 4.69) is 221 Å². The second-order valence-corrected chi connectivity index (χ2v) is 21.3. The molecular formula is C55H59BN2O. The Labute approximate surface area is 353 Å². The fourth-order valence-electron chi connectivity index (χ4n) is 9.27. The van der Waals surface area contributed by atoms with E-state index in [9.17, 15) is 0 Å². The van der Waals surface area contributed by atoms with E-state index in [0.29, 0.717) is 0 Å². The summed E-state index contributed by atoms with van der Waals surface area (Å²) in [5, 5.41) is 1.18. The van der Waals surface area contributed by atoms with Gasteiger partial charge in [0.25, 0.3) is 6.71 Å². The second-order valence-electron chi connectivity index (χ2n) is 21.3. The lowest BCUT2D eigenvalue weighted by Crippen LogP contribution is -2.61. The molecule has 7 aromatic rings. The van der Waals surface area contributed by atoms with Crippen LogP contribution in [0, 0.1) is 6.92 Å². The zero-order chi connectivity index (χ0) is 42.0. The standard InChI is InChI=1S/C55H59BN2O/c1-34-29-46-50-47(30-34)58(44-26-21-37(53(5,6)7)31-41(44)35-17-15-14-16-18-35)51-49(42-32-38(54(8,9)10)23-28-48(42)59-51)56(50)43-33-39(55(11,12)13)22-27-45(43)57(46)40-24-19-36(20-25-40)52(2,3)4/h14-33H,1-13H3. The molecule has 0 spiro atoms. The molecular weight excluding hydrogens is 715 g/mol. The van der Waals surface area contributed by atoms with Crippen molar-refractivity contribution in [2.75, 3.05) is 9.80 Å². The summed E-state index contributed by atoms with van der Waals surface area (Å²) in [6.45, 7) is 29.9.